The van der Waals surface area contributed by atoms with Crippen LogP contribution in [0.5, 0.6) is 0 Å². The fourth-order valence-electron chi connectivity index (χ4n) is 2.01. The normalized spacial score (nSPS) is 21.2. The smallest absolute Gasteiger partial charge is 0.409 e. The molecule has 0 spiro atoms. The molecule has 0 bridgehead atoms. The fraction of sp³-hybridized carbons (Fsp3) is 0.429. The summed E-state index contributed by atoms with van der Waals surface area (Å²) in [7, 11) is -9.86. The summed E-state index contributed by atoms with van der Waals surface area (Å²) in [5.74, 6) is -0.950. The number of carbonyl (C=O) groups excluding carboxylic acids is 2. The first-order valence-electron chi connectivity index (χ1n) is 7.22. The maximum atomic E-state index is 12.9. The number of nitrogens with one attached hydrogen (secondary N) is 1. The third-order valence-electron chi connectivity index (χ3n) is 3.09. The van der Waals surface area contributed by atoms with Gasteiger partial charge in [-0.15, -0.1) is 0 Å². The minimum atomic E-state index is -9.86. The highest BCUT2D eigenvalue weighted by Crippen LogP contribution is 3.02. The topological polar surface area (TPSA) is 58.6 Å². The average Bonchev–Trinajstić information content (AvgIpc) is 2.76. The van der Waals surface area contributed by atoms with Crippen LogP contribution in [-0.2, 0) is 9.53 Å². The number of anilines is 1. The van der Waals surface area contributed by atoms with Gasteiger partial charge < -0.3 is 10.1 Å². The molecule has 0 aromatic heterocycles. The molecule has 1 atom stereocenters. The van der Waals surface area contributed by atoms with Crippen LogP contribution in [0.4, 0.5) is 29.9 Å². The Kier molecular flexibility index (Phi) is 4.48. The molecule has 1 saturated heterocycles. The van der Waals surface area contributed by atoms with Crippen LogP contribution in [0.3, 0.4) is 0 Å². The Morgan fingerprint density at radius 3 is 2.42 bits per heavy atom. The summed E-state index contributed by atoms with van der Waals surface area (Å²) < 4.78 is 69.6. The molecule has 1 aromatic carbocycles. The predicted octanol–water partition coefficient (Wildman–Crippen LogP) is 5.23. The van der Waals surface area contributed by atoms with Crippen LogP contribution in [0.25, 0.3) is 0 Å². The second kappa shape index (κ2) is 5.65. The van der Waals surface area contributed by atoms with Crippen molar-refractivity contribution in [3.63, 3.8) is 0 Å². The van der Waals surface area contributed by atoms with Gasteiger partial charge in [0.1, 0.15) is 4.90 Å². The molecule has 12 heteroatoms. The summed E-state index contributed by atoms with van der Waals surface area (Å²) in [6.45, 7) is 5.07. The summed E-state index contributed by atoms with van der Waals surface area (Å²) in [6, 6.07) is 2.37. The van der Waals surface area contributed by atoms with E-state index >= 15 is 0 Å². The summed E-state index contributed by atoms with van der Waals surface area (Å²) in [6.07, 6.45) is -0.869. The molecule has 2 rings (SSSR count). The molecule has 1 heterocycles. The van der Waals surface area contributed by atoms with Gasteiger partial charge in [0.05, 0.1) is 5.88 Å². The third-order valence-corrected chi connectivity index (χ3v) is 5.24. The molecule has 1 aromatic rings. The summed E-state index contributed by atoms with van der Waals surface area (Å²) >= 11 is 0.854. The van der Waals surface area contributed by atoms with Crippen LogP contribution < -0.4 is 10.2 Å². The first kappa shape index (κ1) is 20.6. The first-order valence-corrected chi connectivity index (χ1v) is 10.2. The number of rotatable bonds is 3. The highest BCUT2D eigenvalue weighted by Gasteiger charge is 2.65. The largest absolute Gasteiger partial charge is 0.425 e. The fourth-order valence-corrected chi connectivity index (χ4v) is 3.68. The van der Waals surface area contributed by atoms with Gasteiger partial charge >= 0.3 is 16.3 Å². The molecule has 26 heavy (non-hydrogen) atoms. The van der Waals surface area contributed by atoms with E-state index in [1.807, 2.05) is 0 Å². The molecule has 1 unspecified atom stereocenters. The Hall–Kier alpha value is -1.69. The molecule has 0 aliphatic carbocycles. The molecular formula is C14H17F5N2O3S2. The van der Waals surface area contributed by atoms with E-state index < -0.39 is 38.1 Å². The maximum Gasteiger partial charge on any atom is 0.409 e. The Balaban J connectivity index is 2.18. The number of halogens is 5. The van der Waals surface area contributed by atoms with Gasteiger partial charge in [0, 0.05) is 11.2 Å². The van der Waals surface area contributed by atoms with Crippen molar-refractivity contribution in [2.75, 3.05) is 10.8 Å². The van der Waals surface area contributed by atoms with Crippen LogP contribution in [0.1, 0.15) is 20.8 Å². The number of benzene rings is 1. The zero-order valence-corrected chi connectivity index (χ0v) is 15.6. The Labute approximate surface area is 151 Å². The van der Waals surface area contributed by atoms with Crippen molar-refractivity contribution in [2.24, 2.45) is 0 Å². The Bertz CT molecular complexity index is 749. The number of hydrogen-bond donors (Lipinski definition) is 1. The van der Waals surface area contributed by atoms with Crippen LogP contribution in [0.2, 0.25) is 0 Å². The van der Waals surface area contributed by atoms with Gasteiger partial charge in [-0.25, -0.2) is 4.79 Å². The van der Waals surface area contributed by atoms with Gasteiger partial charge in [-0.1, -0.05) is 37.3 Å². The minimum absolute atomic E-state index is 0.143. The van der Waals surface area contributed by atoms with Gasteiger partial charge in [0.2, 0.25) is 5.44 Å². The number of amides is 2. The number of thioether (sulfide) groups is 1. The molecular weight excluding hydrogens is 403 g/mol. The van der Waals surface area contributed by atoms with E-state index in [9.17, 15) is 29.0 Å². The lowest BCUT2D eigenvalue weighted by Crippen LogP contribution is -2.43. The second-order valence-corrected chi connectivity index (χ2v) is 10.1. The van der Waals surface area contributed by atoms with Crippen LogP contribution in [0.15, 0.2) is 29.2 Å². The lowest BCUT2D eigenvalue weighted by atomic mass is 10.1. The SMILES string of the molecule is CC(C)(C)NC(=O)OC1SCN(c2cccc(S(F)(F)(F)(F)F)c2)C1=O. The van der Waals surface area contributed by atoms with E-state index in [0.717, 1.165) is 28.8 Å². The number of hydrogen-bond acceptors (Lipinski definition) is 4. The van der Waals surface area contributed by atoms with Crippen molar-refractivity contribution < 1.29 is 33.8 Å². The monoisotopic (exact) mass is 420 g/mol. The number of carbonyl (C=O) groups is 2. The van der Waals surface area contributed by atoms with Crippen LogP contribution in [-0.4, -0.2) is 28.9 Å². The molecule has 0 saturated carbocycles. The molecule has 2 amide bonds. The average molecular weight is 420 g/mol. The van der Waals surface area contributed by atoms with E-state index in [-0.39, 0.29) is 23.7 Å². The van der Waals surface area contributed by atoms with Gasteiger partial charge in [0.25, 0.3) is 5.91 Å². The minimum Gasteiger partial charge on any atom is -0.425 e. The number of nitrogens with zero attached hydrogens (tertiary/aromatic N) is 1. The van der Waals surface area contributed by atoms with E-state index in [2.05, 4.69) is 5.32 Å². The van der Waals surface area contributed by atoms with Gasteiger partial charge in [0.15, 0.2) is 0 Å². The standard InChI is InChI=1S/C14H17F5N2O3S2/c1-14(2,3)20-13(23)24-12-11(22)21(8-25-12)9-5-4-6-10(7-9)26(15,16,17,18)19/h4-7,12H,8H2,1-3H3,(H,20,23). The zero-order valence-electron chi connectivity index (χ0n) is 14.0. The molecule has 1 aliphatic heterocycles. The van der Waals surface area contributed by atoms with Gasteiger partial charge in [-0.2, -0.15) is 0 Å². The maximum absolute atomic E-state index is 12.9. The van der Waals surface area contributed by atoms with Crippen LogP contribution >= 0.6 is 22.0 Å². The first-order chi connectivity index (χ1) is 11.5. The molecule has 0 radical (unpaired) electrons. The van der Waals surface area contributed by atoms with Crippen molar-refractivity contribution in [1.82, 2.24) is 5.32 Å². The second-order valence-electron chi connectivity index (χ2n) is 6.64. The lowest BCUT2D eigenvalue weighted by Gasteiger charge is -2.40. The highest BCUT2D eigenvalue weighted by atomic mass is 32.5. The van der Waals surface area contributed by atoms with E-state index in [0.29, 0.717) is 0 Å². The van der Waals surface area contributed by atoms with E-state index in [4.69, 9.17) is 4.74 Å². The van der Waals surface area contributed by atoms with Crippen molar-refractivity contribution in [3.05, 3.63) is 24.3 Å². The Morgan fingerprint density at radius 1 is 1.27 bits per heavy atom. The summed E-state index contributed by atoms with van der Waals surface area (Å²) in [5.41, 5.74) is -2.24. The van der Waals surface area contributed by atoms with Crippen molar-refractivity contribution in [2.45, 2.75) is 36.6 Å². The molecule has 1 N–H and O–H groups in total. The van der Waals surface area contributed by atoms with E-state index in [1.165, 1.54) is 0 Å². The summed E-state index contributed by atoms with van der Waals surface area (Å²) in [4.78, 5) is 22.7. The molecule has 1 fully saturated rings. The van der Waals surface area contributed by atoms with Crippen molar-refractivity contribution in [1.29, 1.82) is 0 Å². The lowest BCUT2D eigenvalue weighted by molar-refractivity contribution is -0.122. The zero-order chi connectivity index (χ0) is 20.0. The Morgan fingerprint density at radius 2 is 1.88 bits per heavy atom. The number of ether oxygens (including phenoxy) is 1. The van der Waals surface area contributed by atoms with Crippen molar-refractivity contribution in [3.8, 4) is 0 Å². The third kappa shape index (κ3) is 5.16. The van der Waals surface area contributed by atoms with Gasteiger partial charge in [-0.05, 0) is 39.0 Å². The quantitative estimate of drug-likeness (QED) is 0.680. The molecule has 148 valence electrons. The molecule has 1 aliphatic rings. The summed E-state index contributed by atoms with van der Waals surface area (Å²) in [5, 5.41) is 2.47. The van der Waals surface area contributed by atoms with E-state index in [1.54, 1.807) is 20.8 Å². The van der Waals surface area contributed by atoms with Crippen LogP contribution in [0, 0.1) is 0 Å². The molecule has 5 nitrogen and oxygen atoms in total. The van der Waals surface area contributed by atoms with Crippen molar-refractivity contribution >= 4 is 39.7 Å². The van der Waals surface area contributed by atoms with Gasteiger partial charge in [-0.3, -0.25) is 9.69 Å². The highest BCUT2D eigenvalue weighted by molar-refractivity contribution is 8.45. The number of alkyl carbamates (subject to hydrolysis) is 1. The predicted molar refractivity (Wildman–Crippen MR) is 90.9 cm³/mol.